The van der Waals surface area contributed by atoms with Gasteiger partial charge in [0.25, 0.3) is 0 Å². The minimum Gasteiger partial charge on any atom is -0.385 e. The maximum absolute atomic E-state index is 4.31. The number of anilines is 1. The lowest BCUT2D eigenvalue weighted by Crippen LogP contribution is -1.90. The van der Waals surface area contributed by atoms with Gasteiger partial charge < -0.3 is 5.32 Å². The molecule has 0 aliphatic rings. The number of fused-ring (bicyclic) bond motifs is 1. The van der Waals surface area contributed by atoms with E-state index in [0.717, 1.165) is 22.3 Å². The quantitative estimate of drug-likeness (QED) is 0.727. The number of aromatic nitrogens is 3. The molecule has 0 saturated carbocycles. The van der Waals surface area contributed by atoms with Gasteiger partial charge >= 0.3 is 0 Å². The van der Waals surface area contributed by atoms with Crippen molar-refractivity contribution in [1.82, 2.24) is 14.6 Å². The molecule has 0 unspecified atom stereocenters. The number of rotatable bonds is 2. The van der Waals surface area contributed by atoms with Crippen LogP contribution < -0.4 is 5.32 Å². The van der Waals surface area contributed by atoms with Crippen molar-refractivity contribution in [2.24, 2.45) is 0 Å². The molecule has 4 heteroatoms. The van der Waals surface area contributed by atoms with Crippen molar-refractivity contribution in [3.05, 3.63) is 49.1 Å². The van der Waals surface area contributed by atoms with Gasteiger partial charge in [-0.25, -0.2) is 4.52 Å². The van der Waals surface area contributed by atoms with E-state index in [1.165, 1.54) is 0 Å². The third-order valence-electron chi connectivity index (χ3n) is 2.80. The van der Waals surface area contributed by atoms with E-state index in [1.54, 1.807) is 12.4 Å². The van der Waals surface area contributed by atoms with E-state index in [2.05, 4.69) is 27.5 Å². The Morgan fingerprint density at radius 2 is 1.88 bits per heavy atom. The molecule has 1 N–H and O–H groups in total. The molecule has 4 nitrogen and oxygen atoms in total. The summed E-state index contributed by atoms with van der Waals surface area (Å²) in [6, 6.07) is 8.13. The van der Waals surface area contributed by atoms with E-state index in [0.29, 0.717) is 0 Å². The summed E-state index contributed by atoms with van der Waals surface area (Å²) >= 11 is 0. The van der Waals surface area contributed by atoms with Crippen LogP contribution in [-0.4, -0.2) is 21.6 Å². The Hall–Kier alpha value is -2.36. The second-order valence-electron chi connectivity index (χ2n) is 3.79. The Morgan fingerprint density at radius 1 is 1.06 bits per heavy atom. The molecule has 0 aliphatic carbocycles. The average Bonchev–Trinajstić information content (AvgIpc) is 2.81. The molecule has 17 heavy (non-hydrogen) atoms. The summed E-state index contributed by atoms with van der Waals surface area (Å²) in [6.45, 7) is 0. The van der Waals surface area contributed by atoms with Gasteiger partial charge in [0, 0.05) is 31.2 Å². The standard InChI is InChI=1S/C13H12N4/c1-14-12-8-16-17-9-11(2-3-13(12)17)10-4-6-15-7-5-10/h2-9,14H,1H3. The Morgan fingerprint density at radius 3 is 2.65 bits per heavy atom. The topological polar surface area (TPSA) is 42.2 Å². The van der Waals surface area contributed by atoms with Crippen LogP contribution in [0.15, 0.2) is 49.1 Å². The molecule has 0 bridgehead atoms. The first-order chi connectivity index (χ1) is 8.38. The first-order valence-corrected chi connectivity index (χ1v) is 5.44. The van der Waals surface area contributed by atoms with Crippen molar-refractivity contribution in [1.29, 1.82) is 0 Å². The number of nitrogens with zero attached hydrogens (tertiary/aromatic N) is 3. The number of hydrogen-bond donors (Lipinski definition) is 1. The van der Waals surface area contributed by atoms with Crippen molar-refractivity contribution >= 4 is 11.2 Å². The SMILES string of the molecule is CNc1cnn2cc(-c3ccncc3)ccc12. The minimum absolute atomic E-state index is 1.03. The third-order valence-corrected chi connectivity index (χ3v) is 2.80. The lowest BCUT2D eigenvalue weighted by molar-refractivity contribution is 0.963. The van der Waals surface area contributed by atoms with Gasteiger partial charge in [0.1, 0.15) is 0 Å². The maximum Gasteiger partial charge on any atom is 0.0893 e. The smallest absolute Gasteiger partial charge is 0.0893 e. The van der Waals surface area contributed by atoms with E-state index in [-0.39, 0.29) is 0 Å². The monoisotopic (exact) mass is 224 g/mol. The predicted octanol–water partition coefficient (Wildman–Crippen LogP) is 2.44. The highest BCUT2D eigenvalue weighted by Crippen LogP contribution is 2.22. The van der Waals surface area contributed by atoms with Crippen LogP contribution in [0.25, 0.3) is 16.6 Å². The number of nitrogens with one attached hydrogen (secondary N) is 1. The van der Waals surface area contributed by atoms with Gasteiger partial charge in [0.05, 0.1) is 17.4 Å². The van der Waals surface area contributed by atoms with Crippen LogP contribution in [0.3, 0.4) is 0 Å². The molecule has 0 atom stereocenters. The summed E-state index contributed by atoms with van der Waals surface area (Å²) in [4.78, 5) is 4.02. The summed E-state index contributed by atoms with van der Waals surface area (Å²) in [5.74, 6) is 0. The molecule has 0 fully saturated rings. The molecule has 0 radical (unpaired) electrons. The van der Waals surface area contributed by atoms with Crippen LogP contribution >= 0.6 is 0 Å². The maximum atomic E-state index is 4.31. The molecule has 84 valence electrons. The highest BCUT2D eigenvalue weighted by molar-refractivity contribution is 5.74. The molecule has 3 heterocycles. The fraction of sp³-hybridized carbons (Fsp3) is 0.0769. The van der Waals surface area contributed by atoms with Gasteiger partial charge in [0.15, 0.2) is 0 Å². The van der Waals surface area contributed by atoms with Crippen molar-refractivity contribution in [3.63, 3.8) is 0 Å². The summed E-state index contributed by atoms with van der Waals surface area (Å²) in [5, 5.41) is 7.43. The van der Waals surface area contributed by atoms with Gasteiger partial charge in [-0.1, -0.05) is 6.07 Å². The predicted molar refractivity (Wildman–Crippen MR) is 68.0 cm³/mol. The second kappa shape index (κ2) is 3.90. The van der Waals surface area contributed by atoms with Gasteiger partial charge in [-0.05, 0) is 23.8 Å². The molecule has 0 amide bonds. The molecule has 3 aromatic heterocycles. The van der Waals surface area contributed by atoms with Gasteiger partial charge in [-0.2, -0.15) is 5.10 Å². The van der Waals surface area contributed by atoms with E-state index in [1.807, 2.05) is 36.1 Å². The zero-order valence-electron chi connectivity index (χ0n) is 9.46. The fourth-order valence-electron chi connectivity index (χ4n) is 1.89. The first-order valence-electron chi connectivity index (χ1n) is 5.44. The van der Waals surface area contributed by atoms with Gasteiger partial charge in [-0.3, -0.25) is 4.98 Å². The fourth-order valence-corrected chi connectivity index (χ4v) is 1.89. The molecule has 0 aromatic carbocycles. The zero-order valence-corrected chi connectivity index (χ0v) is 9.46. The number of pyridine rings is 2. The lowest BCUT2D eigenvalue weighted by Gasteiger charge is -2.02. The normalized spacial score (nSPS) is 10.6. The molecular weight excluding hydrogens is 212 g/mol. The van der Waals surface area contributed by atoms with Crippen LogP contribution in [0.4, 0.5) is 5.69 Å². The lowest BCUT2D eigenvalue weighted by atomic mass is 10.1. The second-order valence-corrected chi connectivity index (χ2v) is 3.79. The van der Waals surface area contributed by atoms with Crippen molar-refractivity contribution in [2.45, 2.75) is 0 Å². The Kier molecular flexibility index (Phi) is 2.26. The van der Waals surface area contributed by atoms with Crippen LogP contribution in [0.5, 0.6) is 0 Å². The molecule has 0 spiro atoms. The summed E-state index contributed by atoms with van der Waals surface area (Å²) in [5.41, 5.74) is 4.38. The zero-order chi connectivity index (χ0) is 11.7. The highest BCUT2D eigenvalue weighted by atomic mass is 15.2. The van der Waals surface area contributed by atoms with E-state index in [4.69, 9.17) is 0 Å². The van der Waals surface area contributed by atoms with Gasteiger partial charge in [0.2, 0.25) is 0 Å². The summed E-state index contributed by atoms with van der Waals surface area (Å²) < 4.78 is 1.88. The van der Waals surface area contributed by atoms with Crippen LogP contribution in [0, 0.1) is 0 Å². The van der Waals surface area contributed by atoms with Crippen LogP contribution in [0.2, 0.25) is 0 Å². The van der Waals surface area contributed by atoms with Crippen LogP contribution in [-0.2, 0) is 0 Å². The van der Waals surface area contributed by atoms with E-state index < -0.39 is 0 Å². The first kappa shape index (κ1) is 9.84. The Labute approximate surface area is 98.9 Å². The molecule has 0 aliphatic heterocycles. The van der Waals surface area contributed by atoms with Crippen molar-refractivity contribution in [2.75, 3.05) is 12.4 Å². The summed E-state index contributed by atoms with van der Waals surface area (Å²) in [6.07, 6.45) is 7.43. The van der Waals surface area contributed by atoms with E-state index in [9.17, 15) is 0 Å². The van der Waals surface area contributed by atoms with E-state index >= 15 is 0 Å². The number of hydrogen-bond acceptors (Lipinski definition) is 3. The van der Waals surface area contributed by atoms with Crippen LogP contribution in [0.1, 0.15) is 0 Å². The van der Waals surface area contributed by atoms with Crippen molar-refractivity contribution < 1.29 is 0 Å². The molecule has 3 rings (SSSR count). The Bertz CT molecular complexity index is 643. The molecular formula is C13H12N4. The third kappa shape index (κ3) is 1.63. The average molecular weight is 224 g/mol. The molecule has 3 aromatic rings. The highest BCUT2D eigenvalue weighted by Gasteiger charge is 2.03. The Balaban J connectivity index is 2.15. The van der Waals surface area contributed by atoms with Crippen molar-refractivity contribution in [3.8, 4) is 11.1 Å². The summed E-state index contributed by atoms with van der Waals surface area (Å²) in [7, 11) is 1.90. The largest absolute Gasteiger partial charge is 0.385 e. The van der Waals surface area contributed by atoms with Gasteiger partial charge in [-0.15, -0.1) is 0 Å². The minimum atomic E-state index is 1.03. The molecule has 0 saturated heterocycles.